The van der Waals surface area contributed by atoms with Crippen LogP contribution in [0, 0.1) is 12.3 Å². The third-order valence-corrected chi connectivity index (χ3v) is 6.02. The van der Waals surface area contributed by atoms with Crippen LogP contribution in [0.3, 0.4) is 0 Å². The summed E-state index contributed by atoms with van der Waals surface area (Å²) in [5.74, 6) is 0.108. The first-order chi connectivity index (χ1) is 17.0. The van der Waals surface area contributed by atoms with Crippen LogP contribution in [0.1, 0.15) is 42.5 Å². The number of aryl methyl sites for hydroxylation is 1. The van der Waals surface area contributed by atoms with Crippen molar-refractivity contribution in [3.63, 3.8) is 0 Å². The Morgan fingerprint density at radius 2 is 1.63 bits per heavy atom. The average molecular weight is 471 g/mol. The Kier molecular flexibility index (Phi) is 9.39. The lowest BCUT2D eigenvalue weighted by atomic mass is 9.95. The Morgan fingerprint density at radius 3 is 2.34 bits per heavy atom. The smallest absolute Gasteiger partial charge is 0.213 e. The van der Waals surface area contributed by atoms with Crippen molar-refractivity contribution in [3.8, 4) is 11.1 Å². The molecule has 1 atom stereocenters. The van der Waals surface area contributed by atoms with E-state index in [1.807, 2.05) is 75.4 Å². The van der Waals surface area contributed by atoms with Crippen LogP contribution in [0.15, 0.2) is 84.0 Å². The van der Waals surface area contributed by atoms with E-state index in [-0.39, 0.29) is 18.6 Å². The van der Waals surface area contributed by atoms with Crippen molar-refractivity contribution in [2.24, 2.45) is 5.16 Å². The van der Waals surface area contributed by atoms with Gasteiger partial charge in [0, 0.05) is 23.8 Å². The van der Waals surface area contributed by atoms with Gasteiger partial charge >= 0.3 is 0 Å². The number of hydrogen-bond acceptors (Lipinski definition) is 5. The molecule has 0 fully saturated rings. The van der Waals surface area contributed by atoms with Gasteiger partial charge in [-0.3, -0.25) is 5.41 Å². The first-order valence-corrected chi connectivity index (χ1v) is 11.7. The van der Waals surface area contributed by atoms with E-state index in [9.17, 15) is 0 Å². The number of oxime groups is 1. The lowest BCUT2D eigenvalue weighted by molar-refractivity contribution is 0.121. The summed E-state index contributed by atoms with van der Waals surface area (Å²) >= 11 is 0. The van der Waals surface area contributed by atoms with Crippen molar-refractivity contribution >= 4 is 17.2 Å². The number of ether oxygens (including phenoxy) is 2. The predicted octanol–water partition coefficient (Wildman–Crippen LogP) is 7.03. The van der Waals surface area contributed by atoms with Gasteiger partial charge in [0.1, 0.15) is 6.61 Å². The van der Waals surface area contributed by atoms with E-state index in [1.165, 1.54) is 7.11 Å². The molecule has 0 saturated carbocycles. The number of benzene rings is 3. The summed E-state index contributed by atoms with van der Waals surface area (Å²) in [7, 11) is 3.20. The maximum atomic E-state index is 8.36. The zero-order chi connectivity index (χ0) is 25.2. The lowest BCUT2D eigenvalue weighted by Crippen LogP contribution is -2.09. The molecule has 0 aliphatic heterocycles. The fourth-order valence-electron chi connectivity index (χ4n) is 3.87. The molecule has 0 aliphatic carbocycles. The number of nitrogens with zero attached hydrogens (tertiary/aromatic N) is 1. The summed E-state index contributed by atoms with van der Waals surface area (Å²) in [5, 5.41) is 12.8. The minimum atomic E-state index is 0.0381. The molecule has 35 heavy (non-hydrogen) atoms. The molecule has 0 bridgehead atoms. The Hall–Kier alpha value is -3.70. The van der Waals surface area contributed by atoms with Gasteiger partial charge in [-0.05, 0) is 49.4 Å². The summed E-state index contributed by atoms with van der Waals surface area (Å²) in [5.41, 5.74) is 7.73. The zero-order valence-corrected chi connectivity index (χ0v) is 21.2. The van der Waals surface area contributed by atoms with E-state index in [0.29, 0.717) is 12.0 Å². The summed E-state index contributed by atoms with van der Waals surface area (Å²) in [4.78, 5) is 5.88. The van der Waals surface area contributed by atoms with Crippen molar-refractivity contribution in [1.29, 1.82) is 5.41 Å². The van der Waals surface area contributed by atoms with Gasteiger partial charge in [-0.15, -0.1) is 0 Å². The molecule has 0 spiro atoms. The van der Waals surface area contributed by atoms with Gasteiger partial charge in [0.15, 0.2) is 0 Å². The van der Waals surface area contributed by atoms with Gasteiger partial charge in [-0.25, -0.2) is 0 Å². The molecule has 5 heteroatoms. The first-order valence-electron chi connectivity index (χ1n) is 11.7. The highest BCUT2D eigenvalue weighted by Crippen LogP contribution is 2.27. The molecule has 0 aromatic heterocycles. The number of methoxy groups -OCH3 is 2. The van der Waals surface area contributed by atoms with Crippen molar-refractivity contribution in [1.82, 2.24) is 0 Å². The molecule has 5 nitrogen and oxygen atoms in total. The Labute approximate surface area is 208 Å². The molecule has 3 aromatic rings. The molecule has 1 unspecified atom stereocenters. The molecule has 3 aromatic carbocycles. The second-order valence-corrected chi connectivity index (χ2v) is 8.40. The number of rotatable bonds is 10. The van der Waals surface area contributed by atoms with E-state index < -0.39 is 0 Å². The molecule has 0 heterocycles. The van der Waals surface area contributed by atoms with Crippen LogP contribution in [0.4, 0.5) is 0 Å². The summed E-state index contributed by atoms with van der Waals surface area (Å²) in [6, 6.07) is 24.5. The summed E-state index contributed by atoms with van der Waals surface area (Å²) in [6.45, 7) is 6.27. The first kappa shape index (κ1) is 25.9. The molecular weight excluding hydrogens is 436 g/mol. The van der Waals surface area contributed by atoms with Crippen molar-refractivity contribution < 1.29 is 14.3 Å². The second kappa shape index (κ2) is 12.7. The average Bonchev–Trinajstić information content (AvgIpc) is 2.90. The third kappa shape index (κ3) is 6.67. The van der Waals surface area contributed by atoms with E-state index >= 15 is 0 Å². The van der Waals surface area contributed by atoms with Crippen LogP contribution < -0.4 is 0 Å². The number of hydrogen-bond donors (Lipinski definition) is 1. The molecule has 182 valence electrons. The lowest BCUT2D eigenvalue weighted by Gasteiger charge is -2.16. The normalized spacial score (nSPS) is 12.8. The van der Waals surface area contributed by atoms with Crippen LogP contribution in [0.5, 0.6) is 0 Å². The molecule has 0 aliphatic rings. The Morgan fingerprint density at radius 1 is 0.943 bits per heavy atom. The van der Waals surface area contributed by atoms with Crippen molar-refractivity contribution in [2.45, 2.75) is 39.9 Å². The quantitative estimate of drug-likeness (QED) is 0.196. The molecule has 0 amide bonds. The van der Waals surface area contributed by atoms with Gasteiger partial charge < -0.3 is 14.3 Å². The molecule has 0 radical (unpaired) electrons. The third-order valence-electron chi connectivity index (χ3n) is 6.02. The van der Waals surface area contributed by atoms with Gasteiger partial charge in [0.05, 0.1) is 18.9 Å². The van der Waals surface area contributed by atoms with Crippen LogP contribution >= 0.6 is 0 Å². The summed E-state index contributed by atoms with van der Waals surface area (Å²) in [6.07, 6.45) is 2.69. The van der Waals surface area contributed by atoms with Gasteiger partial charge in [0.2, 0.25) is 5.90 Å². The molecule has 0 saturated heterocycles. The van der Waals surface area contributed by atoms with Crippen LogP contribution in [0.25, 0.3) is 16.7 Å². The maximum Gasteiger partial charge on any atom is 0.213 e. The monoisotopic (exact) mass is 470 g/mol. The zero-order valence-electron chi connectivity index (χ0n) is 21.2. The van der Waals surface area contributed by atoms with Crippen LogP contribution in [-0.2, 0) is 20.9 Å². The van der Waals surface area contributed by atoms with Gasteiger partial charge in [-0.1, -0.05) is 84.0 Å². The fraction of sp³-hybridized carbons (Fsp3) is 0.267. The predicted molar refractivity (Wildman–Crippen MR) is 144 cm³/mol. The highest BCUT2D eigenvalue weighted by atomic mass is 16.6. The fourth-order valence-corrected chi connectivity index (χ4v) is 3.87. The second-order valence-electron chi connectivity index (χ2n) is 8.40. The topological polar surface area (TPSA) is 63.9 Å². The molecule has 1 N–H and O–H groups in total. The van der Waals surface area contributed by atoms with E-state index in [0.717, 1.165) is 39.1 Å². The van der Waals surface area contributed by atoms with Gasteiger partial charge in [0.25, 0.3) is 0 Å². The van der Waals surface area contributed by atoms with E-state index in [2.05, 4.69) is 29.4 Å². The largest absolute Gasteiger partial charge is 0.481 e. The van der Waals surface area contributed by atoms with Crippen molar-refractivity contribution in [2.75, 3.05) is 14.2 Å². The Balaban J connectivity index is 1.88. The minimum absolute atomic E-state index is 0.0381. The van der Waals surface area contributed by atoms with Crippen LogP contribution in [0.2, 0.25) is 0 Å². The van der Waals surface area contributed by atoms with Crippen molar-refractivity contribution in [3.05, 3.63) is 101 Å². The maximum absolute atomic E-state index is 8.36. The van der Waals surface area contributed by atoms with E-state index in [4.69, 9.17) is 19.7 Å². The summed E-state index contributed by atoms with van der Waals surface area (Å²) < 4.78 is 10.7. The Bertz CT molecular complexity index is 1200. The highest BCUT2D eigenvalue weighted by Gasteiger charge is 2.16. The SMILES string of the molecule is COC(=N)/C(=C\CC(C)OC)c1cccc(C)c1CO/N=C(\C)c1ccccc1-c1ccccc1. The van der Waals surface area contributed by atoms with Gasteiger partial charge in [-0.2, -0.15) is 0 Å². The highest BCUT2D eigenvalue weighted by molar-refractivity contribution is 6.18. The molecular formula is C30H34N2O3. The van der Waals surface area contributed by atoms with Crippen LogP contribution in [-0.4, -0.2) is 31.9 Å². The molecule has 3 rings (SSSR count). The standard InChI is InChI=1S/C30H34N2O3/c1-21-12-11-17-27(28(30(31)34-5)19-18-22(2)33-4)29(21)20-35-32-23(3)25-15-9-10-16-26(25)24-13-7-6-8-14-24/h6-17,19,22,31H,18,20H2,1-5H3/b28-19-,31-30?,32-23+. The number of nitrogens with one attached hydrogen (secondary N) is 1. The minimum Gasteiger partial charge on any atom is -0.481 e. The van der Waals surface area contributed by atoms with E-state index in [1.54, 1.807) is 7.11 Å².